The molecule has 0 saturated carbocycles. The van der Waals surface area contributed by atoms with Gasteiger partial charge in [-0.1, -0.05) is 43.7 Å². The van der Waals surface area contributed by atoms with E-state index in [2.05, 4.69) is 37.8 Å². The van der Waals surface area contributed by atoms with Crippen LogP contribution in [0.5, 0.6) is 0 Å². The predicted molar refractivity (Wildman–Crippen MR) is 76.9 cm³/mol. The standard InChI is InChI=1S/C16H25NO/c1-6-17(7-2)16(4,5)15(18)12-14-10-8-13(3)9-11-14/h8-11H,6-7,12H2,1-5H3. The van der Waals surface area contributed by atoms with Crippen molar-refractivity contribution in [3.05, 3.63) is 35.4 Å². The molecular formula is C16H25NO. The molecule has 0 fully saturated rings. The molecule has 18 heavy (non-hydrogen) atoms. The van der Waals surface area contributed by atoms with Gasteiger partial charge in [-0.2, -0.15) is 0 Å². The van der Waals surface area contributed by atoms with Crippen LogP contribution < -0.4 is 0 Å². The lowest BCUT2D eigenvalue weighted by atomic mass is 9.91. The quantitative estimate of drug-likeness (QED) is 0.769. The van der Waals surface area contributed by atoms with Crippen molar-refractivity contribution in [2.45, 2.75) is 46.6 Å². The number of Topliss-reactive ketones (excluding diaryl/α,β-unsaturated/α-hetero) is 1. The number of carbonyl (C=O) groups excluding carboxylic acids is 1. The number of hydrogen-bond donors (Lipinski definition) is 0. The molecule has 0 bridgehead atoms. The molecule has 2 heteroatoms. The average molecular weight is 247 g/mol. The number of nitrogens with zero attached hydrogens (tertiary/aromatic N) is 1. The number of benzene rings is 1. The Kier molecular flexibility index (Phi) is 5.09. The monoisotopic (exact) mass is 247 g/mol. The molecule has 1 aromatic rings. The second kappa shape index (κ2) is 6.14. The van der Waals surface area contributed by atoms with Crippen LogP contribution in [0.1, 0.15) is 38.8 Å². The molecular weight excluding hydrogens is 222 g/mol. The average Bonchev–Trinajstić information content (AvgIpc) is 2.33. The largest absolute Gasteiger partial charge is 0.297 e. The summed E-state index contributed by atoms with van der Waals surface area (Å²) in [4.78, 5) is 14.6. The molecule has 1 aromatic carbocycles. The van der Waals surface area contributed by atoms with Crippen LogP contribution in [0.3, 0.4) is 0 Å². The molecule has 0 aliphatic carbocycles. The van der Waals surface area contributed by atoms with Gasteiger partial charge in [0.15, 0.2) is 5.78 Å². The number of ketones is 1. The highest BCUT2D eigenvalue weighted by atomic mass is 16.1. The Balaban J connectivity index is 2.78. The summed E-state index contributed by atoms with van der Waals surface area (Å²) in [5, 5.41) is 0. The molecule has 1 rings (SSSR count). The van der Waals surface area contributed by atoms with Gasteiger partial charge in [-0.05, 0) is 39.4 Å². The minimum Gasteiger partial charge on any atom is -0.297 e. The van der Waals surface area contributed by atoms with Gasteiger partial charge in [-0.15, -0.1) is 0 Å². The number of carbonyl (C=O) groups is 1. The first-order valence-electron chi connectivity index (χ1n) is 6.75. The molecule has 0 amide bonds. The van der Waals surface area contributed by atoms with Gasteiger partial charge < -0.3 is 0 Å². The Morgan fingerprint density at radius 3 is 2.06 bits per heavy atom. The van der Waals surface area contributed by atoms with E-state index in [0.29, 0.717) is 6.42 Å². The van der Waals surface area contributed by atoms with Gasteiger partial charge in [0.25, 0.3) is 0 Å². The molecule has 0 radical (unpaired) electrons. The fourth-order valence-corrected chi connectivity index (χ4v) is 2.30. The Bertz CT molecular complexity index is 388. The smallest absolute Gasteiger partial charge is 0.156 e. The van der Waals surface area contributed by atoms with E-state index in [1.165, 1.54) is 5.56 Å². The first kappa shape index (κ1) is 14.9. The summed E-state index contributed by atoms with van der Waals surface area (Å²) < 4.78 is 0. The van der Waals surface area contributed by atoms with Crippen LogP contribution in [-0.4, -0.2) is 29.3 Å². The van der Waals surface area contributed by atoms with E-state index in [-0.39, 0.29) is 11.3 Å². The van der Waals surface area contributed by atoms with Gasteiger partial charge in [0.05, 0.1) is 5.54 Å². The molecule has 0 spiro atoms. The number of hydrogen-bond acceptors (Lipinski definition) is 2. The van der Waals surface area contributed by atoms with Gasteiger partial charge in [0, 0.05) is 6.42 Å². The van der Waals surface area contributed by atoms with Crippen molar-refractivity contribution >= 4 is 5.78 Å². The van der Waals surface area contributed by atoms with E-state index in [1.807, 2.05) is 26.0 Å². The third-order valence-electron chi connectivity index (χ3n) is 3.72. The fourth-order valence-electron chi connectivity index (χ4n) is 2.30. The lowest BCUT2D eigenvalue weighted by Gasteiger charge is -2.35. The highest BCUT2D eigenvalue weighted by Crippen LogP contribution is 2.18. The van der Waals surface area contributed by atoms with Crippen LogP contribution in [0.25, 0.3) is 0 Å². The lowest BCUT2D eigenvalue weighted by molar-refractivity contribution is -0.128. The molecule has 100 valence electrons. The summed E-state index contributed by atoms with van der Waals surface area (Å²) in [7, 11) is 0. The Labute approximate surface area is 111 Å². The van der Waals surface area contributed by atoms with Crippen LogP contribution in [0.4, 0.5) is 0 Å². The summed E-state index contributed by atoms with van der Waals surface area (Å²) in [6, 6.07) is 8.22. The zero-order valence-electron chi connectivity index (χ0n) is 12.3. The zero-order chi connectivity index (χ0) is 13.8. The number of likely N-dealkylation sites (N-methyl/N-ethyl adjacent to an activating group) is 1. The highest BCUT2D eigenvalue weighted by Gasteiger charge is 2.32. The van der Waals surface area contributed by atoms with E-state index in [1.54, 1.807) is 0 Å². The van der Waals surface area contributed by atoms with Crippen LogP contribution in [0.15, 0.2) is 24.3 Å². The topological polar surface area (TPSA) is 20.3 Å². The summed E-state index contributed by atoms with van der Waals surface area (Å²) in [6.07, 6.45) is 0.518. The van der Waals surface area contributed by atoms with Crippen molar-refractivity contribution in [3.63, 3.8) is 0 Å². The second-order valence-electron chi connectivity index (χ2n) is 5.32. The minimum atomic E-state index is -0.381. The van der Waals surface area contributed by atoms with Gasteiger partial charge in [0.1, 0.15) is 0 Å². The summed E-state index contributed by atoms with van der Waals surface area (Å²) in [6.45, 7) is 12.1. The molecule has 0 N–H and O–H groups in total. The summed E-state index contributed by atoms with van der Waals surface area (Å²) in [5.41, 5.74) is 1.95. The van der Waals surface area contributed by atoms with Crippen molar-refractivity contribution in [2.75, 3.05) is 13.1 Å². The van der Waals surface area contributed by atoms with Crippen LogP contribution in [0.2, 0.25) is 0 Å². The third kappa shape index (κ3) is 3.42. The van der Waals surface area contributed by atoms with Crippen LogP contribution >= 0.6 is 0 Å². The maximum absolute atomic E-state index is 12.4. The van der Waals surface area contributed by atoms with Crippen LogP contribution in [0, 0.1) is 6.92 Å². The van der Waals surface area contributed by atoms with E-state index >= 15 is 0 Å². The molecule has 0 heterocycles. The minimum absolute atomic E-state index is 0.287. The van der Waals surface area contributed by atoms with Gasteiger partial charge in [-0.3, -0.25) is 9.69 Å². The maximum Gasteiger partial charge on any atom is 0.156 e. The Morgan fingerprint density at radius 2 is 1.61 bits per heavy atom. The van der Waals surface area contributed by atoms with Gasteiger partial charge >= 0.3 is 0 Å². The maximum atomic E-state index is 12.4. The van der Waals surface area contributed by atoms with Crippen molar-refractivity contribution in [1.82, 2.24) is 4.90 Å². The molecule has 0 atom stereocenters. The van der Waals surface area contributed by atoms with Crippen molar-refractivity contribution < 1.29 is 4.79 Å². The van der Waals surface area contributed by atoms with Gasteiger partial charge in [0.2, 0.25) is 0 Å². The number of aryl methyl sites for hydroxylation is 1. The molecule has 2 nitrogen and oxygen atoms in total. The van der Waals surface area contributed by atoms with Crippen molar-refractivity contribution in [2.24, 2.45) is 0 Å². The lowest BCUT2D eigenvalue weighted by Crippen LogP contribution is -2.50. The Hall–Kier alpha value is -1.15. The van der Waals surface area contributed by atoms with Gasteiger partial charge in [-0.25, -0.2) is 0 Å². The summed E-state index contributed by atoms with van der Waals surface area (Å²) in [5.74, 6) is 0.287. The normalized spacial score (nSPS) is 11.9. The number of rotatable bonds is 6. The summed E-state index contributed by atoms with van der Waals surface area (Å²) >= 11 is 0. The molecule has 0 aliphatic heterocycles. The zero-order valence-corrected chi connectivity index (χ0v) is 12.3. The van der Waals surface area contributed by atoms with E-state index < -0.39 is 0 Å². The first-order chi connectivity index (χ1) is 8.41. The highest BCUT2D eigenvalue weighted by molar-refractivity contribution is 5.89. The predicted octanol–water partition coefficient (Wildman–Crippen LogP) is 3.23. The second-order valence-corrected chi connectivity index (χ2v) is 5.32. The fraction of sp³-hybridized carbons (Fsp3) is 0.562. The van der Waals surface area contributed by atoms with E-state index in [0.717, 1.165) is 18.7 Å². The third-order valence-corrected chi connectivity index (χ3v) is 3.72. The molecule has 0 aromatic heterocycles. The van der Waals surface area contributed by atoms with Crippen molar-refractivity contribution in [1.29, 1.82) is 0 Å². The molecule has 0 aliphatic rings. The van der Waals surface area contributed by atoms with E-state index in [4.69, 9.17) is 0 Å². The van der Waals surface area contributed by atoms with Crippen molar-refractivity contribution in [3.8, 4) is 0 Å². The van der Waals surface area contributed by atoms with E-state index in [9.17, 15) is 4.79 Å². The molecule has 0 saturated heterocycles. The first-order valence-corrected chi connectivity index (χ1v) is 6.75. The Morgan fingerprint density at radius 1 is 1.11 bits per heavy atom. The van der Waals surface area contributed by atoms with Crippen LogP contribution in [-0.2, 0) is 11.2 Å². The SMILES string of the molecule is CCN(CC)C(C)(C)C(=O)Cc1ccc(C)cc1. The molecule has 0 unspecified atom stereocenters.